The molecule has 4 nitrogen and oxygen atoms in total. The first-order valence-corrected chi connectivity index (χ1v) is 12.4. The van der Waals surface area contributed by atoms with Crippen LogP contribution in [0.4, 0.5) is 0 Å². The van der Waals surface area contributed by atoms with Gasteiger partial charge < -0.3 is 0 Å². The summed E-state index contributed by atoms with van der Waals surface area (Å²) in [4.78, 5) is 27.0. The Balaban J connectivity index is 2.41. The summed E-state index contributed by atoms with van der Waals surface area (Å²) in [5, 5.41) is 1.61. The van der Waals surface area contributed by atoms with Crippen molar-refractivity contribution in [2.75, 3.05) is 0 Å². The van der Waals surface area contributed by atoms with E-state index in [4.69, 9.17) is 0 Å². The number of carbonyl (C=O) groups excluding carboxylic acids is 2. The van der Waals surface area contributed by atoms with Gasteiger partial charge in [0, 0.05) is 11.1 Å². The van der Waals surface area contributed by atoms with Crippen LogP contribution >= 0.6 is 0 Å². The van der Waals surface area contributed by atoms with Crippen molar-refractivity contribution in [1.82, 2.24) is 10.4 Å². The van der Waals surface area contributed by atoms with Crippen LogP contribution in [0.1, 0.15) is 104 Å². The molecule has 0 radical (unpaired) electrons. The third-order valence-electron chi connectivity index (χ3n) is 6.18. The molecule has 4 heteroatoms. The zero-order chi connectivity index (χ0) is 24.6. The zero-order valence-electron chi connectivity index (χ0n) is 21.6. The van der Waals surface area contributed by atoms with Gasteiger partial charge in [0.2, 0.25) is 0 Å². The molecule has 2 rings (SSSR count). The second kappa shape index (κ2) is 12.0. The lowest BCUT2D eigenvalue weighted by Crippen LogP contribution is -2.56. The Labute approximate surface area is 200 Å². The first kappa shape index (κ1) is 26.6. The molecule has 0 fully saturated rings. The van der Waals surface area contributed by atoms with Crippen LogP contribution < -0.4 is 5.43 Å². The van der Waals surface area contributed by atoms with E-state index < -0.39 is 0 Å². The van der Waals surface area contributed by atoms with E-state index >= 15 is 0 Å². The zero-order valence-corrected chi connectivity index (χ0v) is 21.6. The minimum Gasteiger partial charge on any atom is -0.267 e. The highest BCUT2D eigenvalue weighted by Crippen LogP contribution is 2.29. The second-order valence-corrected chi connectivity index (χ2v) is 10.3. The van der Waals surface area contributed by atoms with E-state index in [0.29, 0.717) is 11.1 Å². The predicted octanol–water partition coefficient (Wildman–Crippen LogP) is 7.04. The molecule has 1 N–H and O–H groups in total. The highest BCUT2D eigenvalue weighted by atomic mass is 16.2. The summed E-state index contributed by atoms with van der Waals surface area (Å²) in [6.07, 6.45) is 6.25. The van der Waals surface area contributed by atoms with Gasteiger partial charge in [-0.2, -0.15) is 0 Å². The number of aryl methyl sites for hydroxylation is 3. The quantitative estimate of drug-likeness (QED) is 0.329. The summed E-state index contributed by atoms with van der Waals surface area (Å²) in [6, 6.07) is 13.3. The van der Waals surface area contributed by atoms with E-state index in [1.165, 1.54) is 12.0 Å². The number of nitrogens with one attached hydrogen (secondary N) is 1. The summed E-state index contributed by atoms with van der Waals surface area (Å²) in [6.45, 7) is 14.7. The van der Waals surface area contributed by atoms with Crippen LogP contribution in [-0.2, 0) is 6.42 Å². The lowest BCUT2D eigenvalue weighted by atomic mass is 9.82. The van der Waals surface area contributed by atoms with E-state index in [0.717, 1.165) is 43.2 Å². The number of unbranched alkanes of at least 4 members (excludes halogenated alkanes) is 3. The molecule has 0 aliphatic carbocycles. The lowest BCUT2D eigenvalue weighted by Gasteiger charge is -2.40. The molecule has 0 saturated heterocycles. The van der Waals surface area contributed by atoms with E-state index in [9.17, 15) is 9.59 Å². The van der Waals surface area contributed by atoms with Gasteiger partial charge in [-0.25, -0.2) is 5.01 Å². The molecule has 0 aliphatic heterocycles. The maximum absolute atomic E-state index is 13.8. The molecule has 180 valence electrons. The number of hydrogen-bond acceptors (Lipinski definition) is 2. The number of rotatable bonds is 9. The fourth-order valence-electron chi connectivity index (χ4n) is 4.29. The summed E-state index contributed by atoms with van der Waals surface area (Å²) in [5.74, 6) is -0.408. The number of hydrazine groups is 1. The number of nitrogens with zero attached hydrogens (tertiary/aromatic N) is 1. The van der Waals surface area contributed by atoms with Crippen molar-refractivity contribution in [1.29, 1.82) is 0 Å². The van der Waals surface area contributed by atoms with Crippen molar-refractivity contribution < 1.29 is 9.59 Å². The third-order valence-corrected chi connectivity index (χ3v) is 6.18. The molecule has 1 unspecified atom stereocenters. The van der Waals surface area contributed by atoms with Crippen molar-refractivity contribution in [2.24, 2.45) is 5.41 Å². The molecule has 0 saturated carbocycles. The Hall–Kier alpha value is -2.62. The van der Waals surface area contributed by atoms with Crippen LogP contribution in [0, 0.1) is 19.3 Å². The van der Waals surface area contributed by atoms with Crippen LogP contribution in [0.25, 0.3) is 0 Å². The Morgan fingerprint density at radius 1 is 0.879 bits per heavy atom. The maximum atomic E-state index is 13.8. The highest BCUT2D eigenvalue weighted by Gasteiger charge is 2.35. The molecule has 2 aromatic carbocycles. The molecule has 0 aromatic heterocycles. The Kier molecular flexibility index (Phi) is 9.70. The number of hydrogen-bond donors (Lipinski definition) is 1. The van der Waals surface area contributed by atoms with Crippen molar-refractivity contribution in [3.8, 4) is 0 Å². The third kappa shape index (κ3) is 7.73. The molecule has 2 amide bonds. The van der Waals surface area contributed by atoms with Gasteiger partial charge >= 0.3 is 0 Å². The SMILES string of the molecule is CCCCCCC(N(NC(=O)c1ccc(CC)cc1)C(=O)c1cc(C)cc(C)c1)C(C)(C)C. The van der Waals surface area contributed by atoms with Crippen LogP contribution in [-0.4, -0.2) is 22.9 Å². The normalized spacial score (nSPS) is 12.3. The van der Waals surface area contributed by atoms with Gasteiger partial charge in [0.25, 0.3) is 11.8 Å². The average molecular weight is 451 g/mol. The molecular formula is C29H42N2O2. The molecule has 1 atom stereocenters. The van der Waals surface area contributed by atoms with Gasteiger partial charge in [0.05, 0.1) is 6.04 Å². The molecule has 0 aliphatic rings. The van der Waals surface area contributed by atoms with Gasteiger partial charge in [-0.15, -0.1) is 0 Å². The number of amides is 2. The molecular weight excluding hydrogens is 408 g/mol. The predicted molar refractivity (Wildman–Crippen MR) is 137 cm³/mol. The van der Waals surface area contributed by atoms with Gasteiger partial charge in [-0.1, -0.05) is 89.6 Å². The Morgan fingerprint density at radius 2 is 1.48 bits per heavy atom. The minimum atomic E-state index is -0.252. The molecule has 0 heterocycles. The van der Waals surface area contributed by atoms with Gasteiger partial charge in [0.1, 0.15) is 0 Å². The lowest BCUT2D eigenvalue weighted by molar-refractivity contribution is 0.0266. The first-order chi connectivity index (χ1) is 15.6. The van der Waals surface area contributed by atoms with Gasteiger partial charge in [-0.05, 0) is 61.9 Å². The monoisotopic (exact) mass is 450 g/mol. The van der Waals surface area contributed by atoms with Crippen LogP contribution in [0.3, 0.4) is 0 Å². The minimum absolute atomic E-state index is 0.124. The summed E-state index contributed by atoms with van der Waals surface area (Å²) in [5.41, 5.74) is 7.23. The van der Waals surface area contributed by atoms with Crippen LogP contribution in [0.15, 0.2) is 42.5 Å². The van der Waals surface area contributed by atoms with Gasteiger partial charge in [-0.3, -0.25) is 15.0 Å². The Morgan fingerprint density at radius 3 is 2.00 bits per heavy atom. The molecule has 0 bridgehead atoms. The number of benzene rings is 2. The Bertz CT molecular complexity index is 905. The van der Waals surface area contributed by atoms with E-state index in [2.05, 4.69) is 46.1 Å². The highest BCUT2D eigenvalue weighted by molar-refractivity contribution is 5.99. The van der Waals surface area contributed by atoms with Crippen LogP contribution in [0.2, 0.25) is 0 Å². The second-order valence-electron chi connectivity index (χ2n) is 10.3. The fraction of sp³-hybridized carbons (Fsp3) is 0.517. The summed E-state index contributed by atoms with van der Waals surface area (Å²) < 4.78 is 0. The van der Waals surface area contributed by atoms with Crippen molar-refractivity contribution in [3.05, 3.63) is 70.3 Å². The molecule has 2 aromatic rings. The van der Waals surface area contributed by atoms with E-state index in [1.54, 1.807) is 5.01 Å². The summed E-state index contributed by atoms with van der Waals surface area (Å²) in [7, 11) is 0. The maximum Gasteiger partial charge on any atom is 0.272 e. The fourth-order valence-corrected chi connectivity index (χ4v) is 4.29. The van der Waals surface area contributed by atoms with E-state index in [-0.39, 0.29) is 23.3 Å². The van der Waals surface area contributed by atoms with Crippen molar-refractivity contribution in [3.63, 3.8) is 0 Å². The average Bonchev–Trinajstić information content (AvgIpc) is 2.76. The summed E-state index contributed by atoms with van der Waals surface area (Å²) >= 11 is 0. The smallest absolute Gasteiger partial charge is 0.267 e. The molecule has 33 heavy (non-hydrogen) atoms. The standard InChI is InChI=1S/C29H42N2O2/c1-8-10-11-12-13-26(29(5,6)7)31(28(33)25-19-21(3)18-22(4)20-25)30-27(32)24-16-14-23(9-2)15-17-24/h14-20,26H,8-13H2,1-7H3,(H,30,32). The largest absolute Gasteiger partial charge is 0.272 e. The topological polar surface area (TPSA) is 49.4 Å². The van der Waals surface area contributed by atoms with Gasteiger partial charge in [0.15, 0.2) is 0 Å². The number of carbonyl (C=O) groups is 2. The van der Waals surface area contributed by atoms with Crippen molar-refractivity contribution in [2.45, 2.75) is 93.0 Å². The van der Waals surface area contributed by atoms with E-state index in [1.807, 2.05) is 50.2 Å². The van der Waals surface area contributed by atoms with Crippen LogP contribution in [0.5, 0.6) is 0 Å². The van der Waals surface area contributed by atoms with Crippen molar-refractivity contribution >= 4 is 11.8 Å². The first-order valence-electron chi connectivity index (χ1n) is 12.4. The molecule has 0 spiro atoms.